The standard InChI is InChI=1S/C17H17NO/c1-17(2,3)13-10-7-11-14-15(13)18-16(19-14)12-8-5-4-6-9-12/h4-11H,1-3H3. The molecular weight excluding hydrogens is 234 g/mol. The Morgan fingerprint density at radius 1 is 0.895 bits per heavy atom. The quantitative estimate of drug-likeness (QED) is 0.621. The Labute approximate surface area is 113 Å². The first-order chi connectivity index (χ1) is 9.05. The van der Waals surface area contributed by atoms with Crippen molar-refractivity contribution in [2.75, 3.05) is 0 Å². The lowest BCUT2D eigenvalue weighted by Crippen LogP contribution is -2.11. The van der Waals surface area contributed by atoms with Gasteiger partial charge in [-0.25, -0.2) is 4.98 Å². The number of aromatic nitrogens is 1. The fourth-order valence-corrected chi connectivity index (χ4v) is 2.26. The van der Waals surface area contributed by atoms with E-state index in [1.165, 1.54) is 5.56 Å². The van der Waals surface area contributed by atoms with Gasteiger partial charge in [-0.3, -0.25) is 0 Å². The van der Waals surface area contributed by atoms with E-state index in [2.05, 4.69) is 31.8 Å². The van der Waals surface area contributed by atoms with E-state index in [1.54, 1.807) is 0 Å². The topological polar surface area (TPSA) is 26.0 Å². The lowest BCUT2D eigenvalue weighted by molar-refractivity contribution is 0.593. The average molecular weight is 251 g/mol. The second-order valence-corrected chi connectivity index (χ2v) is 5.79. The highest BCUT2D eigenvalue weighted by Crippen LogP contribution is 2.32. The highest BCUT2D eigenvalue weighted by molar-refractivity contribution is 5.80. The van der Waals surface area contributed by atoms with Gasteiger partial charge in [0.05, 0.1) is 0 Å². The van der Waals surface area contributed by atoms with E-state index in [-0.39, 0.29) is 5.41 Å². The SMILES string of the molecule is CC(C)(C)c1cccc2oc(-c3ccccc3)nc12. The van der Waals surface area contributed by atoms with Crippen molar-refractivity contribution in [2.45, 2.75) is 26.2 Å². The first-order valence-electron chi connectivity index (χ1n) is 6.51. The first-order valence-corrected chi connectivity index (χ1v) is 6.51. The lowest BCUT2D eigenvalue weighted by Gasteiger charge is -2.18. The molecule has 1 heterocycles. The van der Waals surface area contributed by atoms with Crippen LogP contribution in [-0.4, -0.2) is 4.98 Å². The summed E-state index contributed by atoms with van der Waals surface area (Å²) in [6.45, 7) is 6.58. The molecule has 2 nitrogen and oxygen atoms in total. The lowest BCUT2D eigenvalue weighted by atomic mass is 9.86. The molecule has 0 saturated carbocycles. The minimum atomic E-state index is 0.0599. The van der Waals surface area contributed by atoms with Crippen LogP contribution in [-0.2, 0) is 5.41 Å². The minimum Gasteiger partial charge on any atom is -0.436 e. The predicted octanol–water partition coefficient (Wildman–Crippen LogP) is 4.79. The van der Waals surface area contributed by atoms with Crippen LogP contribution in [0.1, 0.15) is 26.3 Å². The molecule has 3 aromatic rings. The number of rotatable bonds is 1. The van der Waals surface area contributed by atoms with Gasteiger partial charge in [0.1, 0.15) is 5.52 Å². The third kappa shape index (κ3) is 2.14. The molecule has 0 aliphatic heterocycles. The summed E-state index contributed by atoms with van der Waals surface area (Å²) in [7, 11) is 0. The average Bonchev–Trinajstić information content (AvgIpc) is 2.82. The molecule has 0 saturated heterocycles. The van der Waals surface area contributed by atoms with Crippen molar-refractivity contribution in [3.05, 3.63) is 54.1 Å². The van der Waals surface area contributed by atoms with Crippen LogP contribution in [0.15, 0.2) is 52.9 Å². The van der Waals surface area contributed by atoms with Crippen LogP contribution in [0.25, 0.3) is 22.6 Å². The smallest absolute Gasteiger partial charge is 0.227 e. The van der Waals surface area contributed by atoms with Crippen LogP contribution in [0.2, 0.25) is 0 Å². The molecular formula is C17H17NO. The molecule has 0 atom stereocenters. The van der Waals surface area contributed by atoms with Crippen LogP contribution in [0.5, 0.6) is 0 Å². The fraction of sp³-hybridized carbons (Fsp3) is 0.235. The Morgan fingerprint density at radius 3 is 2.32 bits per heavy atom. The molecule has 0 radical (unpaired) electrons. The Bertz CT molecular complexity index is 705. The van der Waals surface area contributed by atoms with E-state index in [1.807, 2.05) is 42.5 Å². The molecule has 19 heavy (non-hydrogen) atoms. The van der Waals surface area contributed by atoms with Crippen molar-refractivity contribution in [1.82, 2.24) is 4.98 Å². The molecule has 0 bridgehead atoms. The molecule has 0 fully saturated rings. The first kappa shape index (κ1) is 12.0. The van der Waals surface area contributed by atoms with Crippen LogP contribution >= 0.6 is 0 Å². The summed E-state index contributed by atoms with van der Waals surface area (Å²) in [6.07, 6.45) is 0. The maximum absolute atomic E-state index is 5.88. The normalized spacial score (nSPS) is 11.9. The van der Waals surface area contributed by atoms with E-state index in [9.17, 15) is 0 Å². The third-order valence-corrected chi connectivity index (χ3v) is 3.25. The van der Waals surface area contributed by atoms with Crippen LogP contribution in [0.4, 0.5) is 0 Å². The Morgan fingerprint density at radius 2 is 1.63 bits per heavy atom. The van der Waals surface area contributed by atoms with Crippen molar-refractivity contribution in [3.8, 4) is 11.5 Å². The summed E-state index contributed by atoms with van der Waals surface area (Å²) < 4.78 is 5.88. The molecule has 1 aromatic heterocycles. The summed E-state index contributed by atoms with van der Waals surface area (Å²) in [5.74, 6) is 0.687. The molecule has 0 aliphatic rings. The Balaban J connectivity index is 2.22. The molecule has 0 aliphatic carbocycles. The maximum atomic E-state index is 5.88. The van der Waals surface area contributed by atoms with Crippen molar-refractivity contribution < 1.29 is 4.42 Å². The minimum absolute atomic E-state index is 0.0599. The van der Waals surface area contributed by atoms with Gasteiger partial charge >= 0.3 is 0 Å². The third-order valence-electron chi connectivity index (χ3n) is 3.25. The summed E-state index contributed by atoms with van der Waals surface area (Å²) in [6, 6.07) is 16.1. The van der Waals surface area contributed by atoms with Gasteiger partial charge in [0.15, 0.2) is 5.58 Å². The van der Waals surface area contributed by atoms with E-state index in [0.717, 1.165) is 16.7 Å². The summed E-state index contributed by atoms with van der Waals surface area (Å²) in [5.41, 5.74) is 4.11. The highest BCUT2D eigenvalue weighted by atomic mass is 16.3. The van der Waals surface area contributed by atoms with Crippen molar-refractivity contribution in [3.63, 3.8) is 0 Å². The number of nitrogens with zero attached hydrogens (tertiary/aromatic N) is 1. The second kappa shape index (κ2) is 4.23. The second-order valence-electron chi connectivity index (χ2n) is 5.79. The van der Waals surface area contributed by atoms with Gasteiger partial charge in [-0.05, 0) is 29.2 Å². The zero-order valence-corrected chi connectivity index (χ0v) is 11.5. The van der Waals surface area contributed by atoms with Gasteiger partial charge in [0.25, 0.3) is 0 Å². The van der Waals surface area contributed by atoms with Gasteiger partial charge in [-0.2, -0.15) is 0 Å². The van der Waals surface area contributed by atoms with Crippen LogP contribution < -0.4 is 0 Å². The monoisotopic (exact) mass is 251 g/mol. The molecule has 0 N–H and O–H groups in total. The van der Waals surface area contributed by atoms with Gasteiger partial charge in [0, 0.05) is 5.56 Å². The Hall–Kier alpha value is -2.09. The molecule has 96 valence electrons. The van der Waals surface area contributed by atoms with E-state index < -0.39 is 0 Å². The Kier molecular flexibility index (Phi) is 2.67. The number of hydrogen-bond acceptors (Lipinski definition) is 2. The van der Waals surface area contributed by atoms with Gasteiger partial charge in [-0.1, -0.05) is 51.1 Å². The molecule has 0 spiro atoms. The van der Waals surface area contributed by atoms with Gasteiger partial charge in [0.2, 0.25) is 5.89 Å². The van der Waals surface area contributed by atoms with Crippen molar-refractivity contribution in [1.29, 1.82) is 0 Å². The summed E-state index contributed by atoms with van der Waals surface area (Å²) in [4.78, 5) is 4.68. The van der Waals surface area contributed by atoms with E-state index in [0.29, 0.717) is 5.89 Å². The summed E-state index contributed by atoms with van der Waals surface area (Å²) in [5, 5.41) is 0. The van der Waals surface area contributed by atoms with E-state index in [4.69, 9.17) is 4.42 Å². The van der Waals surface area contributed by atoms with Crippen LogP contribution in [0, 0.1) is 0 Å². The van der Waals surface area contributed by atoms with Crippen molar-refractivity contribution in [2.24, 2.45) is 0 Å². The number of benzene rings is 2. The summed E-state index contributed by atoms with van der Waals surface area (Å²) >= 11 is 0. The molecule has 2 aromatic carbocycles. The number of para-hydroxylation sites is 1. The fourth-order valence-electron chi connectivity index (χ4n) is 2.26. The zero-order valence-electron chi connectivity index (χ0n) is 11.5. The largest absolute Gasteiger partial charge is 0.436 e. The molecule has 2 heteroatoms. The zero-order chi connectivity index (χ0) is 13.5. The molecule has 0 unspecified atom stereocenters. The van der Waals surface area contributed by atoms with E-state index >= 15 is 0 Å². The molecule has 3 rings (SSSR count). The highest BCUT2D eigenvalue weighted by Gasteiger charge is 2.20. The van der Waals surface area contributed by atoms with Crippen LogP contribution in [0.3, 0.4) is 0 Å². The number of hydrogen-bond donors (Lipinski definition) is 0. The predicted molar refractivity (Wildman–Crippen MR) is 78.1 cm³/mol. The number of fused-ring (bicyclic) bond motifs is 1. The van der Waals surface area contributed by atoms with Gasteiger partial charge in [-0.15, -0.1) is 0 Å². The number of oxazole rings is 1. The van der Waals surface area contributed by atoms with Gasteiger partial charge < -0.3 is 4.42 Å². The maximum Gasteiger partial charge on any atom is 0.227 e. The van der Waals surface area contributed by atoms with Crippen molar-refractivity contribution >= 4 is 11.1 Å². The molecule has 0 amide bonds.